The van der Waals surface area contributed by atoms with Gasteiger partial charge in [-0.3, -0.25) is 4.79 Å². The third-order valence-corrected chi connectivity index (χ3v) is 6.22. The van der Waals surface area contributed by atoms with E-state index < -0.39 is 6.17 Å². The number of halogens is 1. The molecule has 2 N–H and O–H groups in total. The van der Waals surface area contributed by atoms with Crippen molar-refractivity contribution in [3.05, 3.63) is 40.9 Å². The second-order valence-electron chi connectivity index (χ2n) is 8.05. The average Bonchev–Trinajstić information content (AvgIpc) is 2.76. The molecule has 2 aliphatic heterocycles. The van der Waals surface area contributed by atoms with E-state index in [0.717, 1.165) is 19.3 Å². The summed E-state index contributed by atoms with van der Waals surface area (Å²) in [7, 11) is 1.81. The van der Waals surface area contributed by atoms with Crippen LogP contribution in [0.2, 0.25) is 0 Å². The molecule has 0 amide bonds. The van der Waals surface area contributed by atoms with E-state index in [9.17, 15) is 14.3 Å². The summed E-state index contributed by atoms with van der Waals surface area (Å²) in [5.41, 5.74) is 0.327. The maximum absolute atomic E-state index is 15.0. The normalized spacial score (nSPS) is 25.9. The molecular weight excluding hydrogens is 389 g/mol. The first-order valence-electron chi connectivity index (χ1n) is 10.1. The molecule has 8 nitrogen and oxygen atoms in total. The van der Waals surface area contributed by atoms with Gasteiger partial charge in [-0.15, -0.1) is 10.2 Å². The Morgan fingerprint density at radius 2 is 2.17 bits per heavy atom. The lowest BCUT2D eigenvalue weighted by atomic mass is 9.82. The smallest absolute Gasteiger partial charge is 0.192 e. The minimum Gasteiger partial charge on any atom is -0.507 e. The molecule has 2 aliphatic rings. The number of benzene rings is 1. The van der Waals surface area contributed by atoms with Crippen LogP contribution >= 0.6 is 0 Å². The fourth-order valence-electron chi connectivity index (χ4n) is 4.57. The number of nitrogens with zero attached hydrogens (tertiary/aromatic N) is 4. The Labute approximate surface area is 171 Å². The van der Waals surface area contributed by atoms with Crippen LogP contribution in [0.15, 0.2) is 39.9 Å². The Balaban J connectivity index is 1.43. The standard InChI is InChI=1S/C21H22FN5O3/c1-27(15-7-11-3-2-4-14(24-11)20(15)22)19-10-23-21(26-25-19)13-8-12-16(28)5-6-30-18(12)9-17(13)29/h5-6,8-11,14-15,20,24,29H,2-4,7H2,1H3/t11?,14?,15-,20+/m0/s1. The fourth-order valence-corrected chi connectivity index (χ4v) is 4.57. The van der Waals surface area contributed by atoms with E-state index in [4.69, 9.17) is 4.42 Å². The number of fused-ring (bicyclic) bond motifs is 3. The van der Waals surface area contributed by atoms with Crippen molar-refractivity contribution in [2.45, 2.75) is 50.0 Å². The monoisotopic (exact) mass is 411 g/mol. The molecule has 4 atom stereocenters. The molecule has 5 rings (SSSR count). The molecule has 1 aromatic carbocycles. The highest BCUT2D eigenvalue weighted by atomic mass is 19.1. The van der Waals surface area contributed by atoms with Crippen LogP contribution in [0.5, 0.6) is 5.75 Å². The van der Waals surface area contributed by atoms with E-state index in [1.807, 2.05) is 7.05 Å². The first-order valence-corrected chi connectivity index (χ1v) is 10.1. The number of nitrogens with one attached hydrogen (secondary N) is 1. The number of hydrogen-bond acceptors (Lipinski definition) is 8. The molecule has 0 saturated carbocycles. The summed E-state index contributed by atoms with van der Waals surface area (Å²) >= 11 is 0. The lowest BCUT2D eigenvalue weighted by Crippen LogP contribution is -2.61. The summed E-state index contributed by atoms with van der Waals surface area (Å²) in [6.45, 7) is 0. The minimum absolute atomic E-state index is 0.116. The maximum Gasteiger partial charge on any atom is 0.192 e. The first-order chi connectivity index (χ1) is 14.5. The SMILES string of the molecule is CN(c1cnc(-c2cc3c(=O)ccoc3cc2O)nn1)[C@H]1CC2CCCC(N2)[C@H]1F. The second-order valence-corrected chi connectivity index (χ2v) is 8.05. The van der Waals surface area contributed by atoms with Crippen molar-refractivity contribution in [1.82, 2.24) is 20.5 Å². The molecule has 9 heteroatoms. The zero-order valence-corrected chi connectivity index (χ0v) is 16.5. The maximum atomic E-state index is 15.0. The Kier molecular flexibility index (Phi) is 4.62. The molecule has 2 saturated heterocycles. The van der Waals surface area contributed by atoms with E-state index in [2.05, 4.69) is 20.5 Å². The van der Waals surface area contributed by atoms with Crippen LogP contribution in [0.4, 0.5) is 10.2 Å². The van der Waals surface area contributed by atoms with Crippen LogP contribution in [-0.4, -0.2) is 51.6 Å². The molecule has 2 fully saturated rings. The molecule has 0 aliphatic carbocycles. The molecule has 0 spiro atoms. The number of phenols is 1. The molecule has 30 heavy (non-hydrogen) atoms. The summed E-state index contributed by atoms with van der Waals surface area (Å²) in [6.07, 6.45) is 5.48. The van der Waals surface area contributed by atoms with Crippen LogP contribution in [0, 0.1) is 0 Å². The van der Waals surface area contributed by atoms with Crippen molar-refractivity contribution in [2.75, 3.05) is 11.9 Å². The van der Waals surface area contributed by atoms with Gasteiger partial charge in [0.2, 0.25) is 0 Å². The van der Waals surface area contributed by atoms with Crippen molar-refractivity contribution < 1.29 is 13.9 Å². The van der Waals surface area contributed by atoms with Crippen molar-refractivity contribution in [1.29, 1.82) is 0 Å². The van der Waals surface area contributed by atoms with Crippen molar-refractivity contribution in [3.8, 4) is 17.1 Å². The van der Waals surface area contributed by atoms with E-state index in [1.54, 1.807) is 4.90 Å². The minimum atomic E-state index is -0.989. The van der Waals surface area contributed by atoms with Crippen LogP contribution in [0.25, 0.3) is 22.4 Å². The van der Waals surface area contributed by atoms with Crippen molar-refractivity contribution >= 4 is 16.8 Å². The summed E-state index contributed by atoms with van der Waals surface area (Å²) in [6, 6.07) is 4.07. The molecule has 4 heterocycles. The highest BCUT2D eigenvalue weighted by Crippen LogP contribution is 2.33. The first kappa shape index (κ1) is 18.9. The van der Waals surface area contributed by atoms with Gasteiger partial charge in [0, 0.05) is 31.3 Å². The Morgan fingerprint density at radius 3 is 2.97 bits per heavy atom. The predicted molar refractivity (Wildman–Crippen MR) is 109 cm³/mol. The van der Waals surface area contributed by atoms with Gasteiger partial charge < -0.3 is 19.7 Å². The number of phenolic OH excluding ortho intramolecular Hbond substituents is 1. The van der Waals surface area contributed by atoms with Crippen molar-refractivity contribution in [3.63, 3.8) is 0 Å². The van der Waals surface area contributed by atoms with Gasteiger partial charge in [-0.1, -0.05) is 6.42 Å². The topological polar surface area (TPSA) is 104 Å². The van der Waals surface area contributed by atoms with E-state index in [0.29, 0.717) is 23.7 Å². The molecule has 0 radical (unpaired) electrons. The Bertz CT molecular complexity index is 1140. The third kappa shape index (κ3) is 3.19. The predicted octanol–water partition coefficient (Wildman–Crippen LogP) is 2.41. The summed E-state index contributed by atoms with van der Waals surface area (Å²) in [4.78, 5) is 18.2. The highest BCUT2D eigenvalue weighted by molar-refractivity contribution is 5.85. The number of aromatic nitrogens is 3. The lowest BCUT2D eigenvalue weighted by molar-refractivity contribution is 0.107. The van der Waals surface area contributed by atoms with Gasteiger partial charge in [0.15, 0.2) is 17.1 Å². The number of alkyl halides is 1. The highest BCUT2D eigenvalue weighted by Gasteiger charge is 2.42. The molecule has 2 aromatic heterocycles. The molecule has 156 valence electrons. The molecule has 2 bridgehead atoms. The summed E-state index contributed by atoms with van der Waals surface area (Å²) in [5.74, 6) is 0.523. The number of aromatic hydroxyl groups is 1. The van der Waals surface area contributed by atoms with Crippen molar-refractivity contribution in [2.24, 2.45) is 0 Å². The van der Waals surface area contributed by atoms with Gasteiger partial charge in [-0.05, 0) is 25.3 Å². The Morgan fingerprint density at radius 1 is 1.30 bits per heavy atom. The fraction of sp³-hybridized carbons (Fsp3) is 0.429. The zero-order valence-electron chi connectivity index (χ0n) is 16.5. The lowest BCUT2D eigenvalue weighted by Gasteiger charge is -2.45. The number of hydrogen-bond donors (Lipinski definition) is 2. The molecule has 2 unspecified atom stereocenters. The zero-order chi connectivity index (χ0) is 20.8. The molecular formula is C21H22FN5O3. The van der Waals surface area contributed by atoms with Crippen LogP contribution in [0.1, 0.15) is 25.7 Å². The summed E-state index contributed by atoms with van der Waals surface area (Å²) < 4.78 is 20.3. The number of piperidine rings is 2. The number of anilines is 1. The Hall–Kier alpha value is -3.07. The summed E-state index contributed by atoms with van der Waals surface area (Å²) in [5, 5.41) is 22.4. The second kappa shape index (κ2) is 7.32. The van der Waals surface area contributed by atoms with Gasteiger partial charge in [-0.2, -0.15) is 0 Å². The number of rotatable bonds is 3. The quantitative estimate of drug-likeness (QED) is 0.677. The van der Waals surface area contributed by atoms with Crippen LogP contribution in [-0.2, 0) is 0 Å². The van der Waals surface area contributed by atoms with E-state index in [-0.39, 0.29) is 40.2 Å². The van der Waals surface area contributed by atoms with Gasteiger partial charge >= 0.3 is 0 Å². The van der Waals surface area contributed by atoms with Crippen LogP contribution in [0.3, 0.4) is 0 Å². The van der Waals surface area contributed by atoms with Gasteiger partial charge in [0.05, 0.1) is 29.5 Å². The third-order valence-electron chi connectivity index (χ3n) is 6.22. The largest absolute Gasteiger partial charge is 0.507 e. The van der Waals surface area contributed by atoms with Crippen LogP contribution < -0.4 is 15.6 Å². The average molecular weight is 411 g/mol. The van der Waals surface area contributed by atoms with Gasteiger partial charge in [0.25, 0.3) is 0 Å². The van der Waals surface area contributed by atoms with E-state index in [1.165, 1.54) is 30.7 Å². The molecule has 3 aromatic rings. The van der Waals surface area contributed by atoms with Gasteiger partial charge in [-0.25, -0.2) is 9.37 Å². The van der Waals surface area contributed by atoms with E-state index >= 15 is 0 Å². The van der Waals surface area contributed by atoms with Gasteiger partial charge in [0.1, 0.15) is 17.5 Å².